The molecule has 0 aliphatic rings. The maximum Gasteiger partial charge on any atom is 0.221 e. The minimum absolute atomic E-state index is 0.0678. The Morgan fingerprint density at radius 3 is 2.86 bits per heavy atom. The molecule has 21 heavy (non-hydrogen) atoms. The minimum Gasteiger partial charge on any atom is -0.356 e. The van der Waals surface area contributed by atoms with E-state index in [1.807, 2.05) is 23.6 Å². The van der Waals surface area contributed by atoms with Gasteiger partial charge in [-0.05, 0) is 30.5 Å². The van der Waals surface area contributed by atoms with Crippen molar-refractivity contribution >= 4 is 28.5 Å². The third-order valence-corrected chi connectivity index (χ3v) is 3.61. The highest BCUT2D eigenvalue weighted by atomic mass is 35.5. The number of aromatic nitrogens is 2. The van der Waals surface area contributed by atoms with Gasteiger partial charge in [0.15, 0.2) is 0 Å². The number of nitrogens with one attached hydrogen (secondary N) is 1. The van der Waals surface area contributed by atoms with Gasteiger partial charge in [0.05, 0.1) is 16.9 Å². The van der Waals surface area contributed by atoms with Crippen molar-refractivity contribution in [3.05, 3.63) is 29.6 Å². The number of aryl methyl sites for hydroxylation is 2. The predicted octanol–water partition coefficient (Wildman–Crippen LogP) is 3.25. The zero-order valence-electron chi connectivity index (χ0n) is 12.8. The van der Waals surface area contributed by atoms with Gasteiger partial charge < -0.3 is 9.88 Å². The maximum atomic E-state index is 11.9. The quantitative estimate of drug-likeness (QED) is 0.833. The first-order valence-electron chi connectivity index (χ1n) is 7.29. The fraction of sp³-hybridized carbons (Fsp3) is 0.500. The van der Waals surface area contributed by atoms with Crippen LogP contribution >= 0.6 is 11.6 Å². The highest BCUT2D eigenvalue weighted by molar-refractivity contribution is 6.16. The first kappa shape index (κ1) is 15.8. The Morgan fingerprint density at radius 2 is 2.19 bits per heavy atom. The molecule has 2 aromatic rings. The second-order valence-corrected chi connectivity index (χ2v) is 6.02. The van der Waals surface area contributed by atoms with Crippen molar-refractivity contribution in [2.45, 2.75) is 39.6 Å². The molecule has 1 aromatic heterocycles. The maximum absolute atomic E-state index is 11.9. The number of benzene rings is 1. The number of rotatable bonds is 6. The molecule has 2 rings (SSSR count). The number of carbonyl (C=O) groups excluding carboxylic acids is 1. The number of carbonyl (C=O) groups is 1. The number of amides is 1. The zero-order chi connectivity index (χ0) is 15.4. The first-order valence-corrected chi connectivity index (χ1v) is 7.83. The van der Waals surface area contributed by atoms with Gasteiger partial charge in [0, 0.05) is 19.5 Å². The molecule has 4 nitrogen and oxygen atoms in total. The summed E-state index contributed by atoms with van der Waals surface area (Å²) >= 11 is 5.98. The third-order valence-electron chi connectivity index (χ3n) is 3.37. The van der Waals surface area contributed by atoms with Gasteiger partial charge in [0.2, 0.25) is 5.91 Å². The highest BCUT2D eigenvalue weighted by Crippen LogP contribution is 2.19. The normalized spacial score (nSPS) is 11.3. The molecular formula is C16H22ClN3O. The highest BCUT2D eigenvalue weighted by Gasteiger charge is 2.11. The molecule has 0 saturated heterocycles. The summed E-state index contributed by atoms with van der Waals surface area (Å²) in [7, 11) is 0. The fourth-order valence-corrected chi connectivity index (χ4v) is 2.46. The second-order valence-electron chi connectivity index (χ2n) is 5.75. The van der Waals surface area contributed by atoms with Crippen LogP contribution in [0.25, 0.3) is 11.0 Å². The number of hydrogen-bond acceptors (Lipinski definition) is 2. The molecule has 0 aliphatic heterocycles. The summed E-state index contributed by atoms with van der Waals surface area (Å²) in [6, 6.07) is 6.14. The van der Waals surface area contributed by atoms with Crippen LogP contribution in [0.2, 0.25) is 0 Å². The van der Waals surface area contributed by atoms with Crippen LogP contribution in [0.15, 0.2) is 18.2 Å². The summed E-state index contributed by atoms with van der Waals surface area (Å²) in [5.41, 5.74) is 3.14. The lowest BCUT2D eigenvalue weighted by Crippen LogP contribution is -2.28. The Labute approximate surface area is 130 Å². The van der Waals surface area contributed by atoms with E-state index in [1.165, 1.54) is 5.56 Å². The van der Waals surface area contributed by atoms with Gasteiger partial charge in [-0.3, -0.25) is 4.79 Å². The van der Waals surface area contributed by atoms with E-state index in [0.717, 1.165) is 16.9 Å². The molecule has 0 fully saturated rings. The Hall–Kier alpha value is -1.55. The molecule has 0 aliphatic carbocycles. The van der Waals surface area contributed by atoms with Crippen LogP contribution in [0.1, 0.15) is 31.7 Å². The van der Waals surface area contributed by atoms with Gasteiger partial charge in [0.1, 0.15) is 5.82 Å². The average Bonchev–Trinajstić information content (AvgIpc) is 2.79. The summed E-state index contributed by atoms with van der Waals surface area (Å²) in [5.74, 6) is 1.69. The van der Waals surface area contributed by atoms with E-state index in [1.54, 1.807) is 0 Å². The van der Waals surface area contributed by atoms with Crippen LogP contribution in [0.4, 0.5) is 0 Å². The number of imidazole rings is 1. The summed E-state index contributed by atoms with van der Waals surface area (Å²) in [4.78, 5) is 16.4. The van der Waals surface area contributed by atoms with Crippen molar-refractivity contribution in [3.63, 3.8) is 0 Å². The van der Waals surface area contributed by atoms with E-state index in [2.05, 4.69) is 30.2 Å². The SMILES string of the molecule is Cc1ccc2c(c1)nc(CCl)n2CCC(=O)NCC(C)C. The third kappa shape index (κ3) is 3.97. The molecule has 0 bridgehead atoms. The van der Waals surface area contributed by atoms with Crippen LogP contribution < -0.4 is 5.32 Å². The van der Waals surface area contributed by atoms with E-state index in [4.69, 9.17) is 11.6 Å². The summed E-state index contributed by atoms with van der Waals surface area (Å²) < 4.78 is 2.04. The van der Waals surface area contributed by atoms with Gasteiger partial charge in [-0.25, -0.2) is 4.98 Å². The molecule has 1 N–H and O–H groups in total. The van der Waals surface area contributed by atoms with Gasteiger partial charge >= 0.3 is 0 Å². The molecular weight excluding hydrogens is 286 g/mol. The van der Waals surface area contributed by atoms with E-state index in [-0.39, 0.29) is 5.91 Å². The largest absolute Gasteiger partial charge is 0.356 e. The number of hydrogen-bond donors (Lipinski definition) is 1. The molecule has 0 radical (unpaired) electrons. The Bertz CT molecular complexity index is 634. The summed E-state index contributed by atoms with van der Waals surface area (Å²) in [6.45, 7) is 7.52. The zero-order valence-corrected chi connectivity index (χ0v) is 13.6. The lowest BCUT2D eigenvalue weighted by molar-refractivity contribution is -0.121. The molecule has 0 atom stereocenters. The van der Waals surface area contributed by atoms with E-state index in [0.29, 0.717) is 31.3 Å². The standard InChI is InChI=1S/C16H22ClN3O/c1-11(2)10-18-16(21)6-7-20-14-5-4-12(3)8-13(14)19-15(20)9-17/h4-5,8,11H,6-7,9-10H2,1-3H3,(H,18,21). The van der Waals surface area contributed by atoms with Crippen molar-refractivity contribution in [3.8, 4) is 0 Å². The van der Waals surface area contributed by atoms with Crippen LogP contribution in [-0.2, 0) is 17.2 Å². The molecule has 5 heteroatoms. The molecule has 1 aromatic carbocycles. The number of nitrogens with zero attached hydrogens (tertiary/aromatic N) is 2. The molecule has 0 spiro atoms. The van der Waals surface area contributed by atoms with Crippen molar-refractivity contribution in [2.24, 2.45) is 5.92 Å². The van der Waals surface area contributed by atoms with Crippen molar-refractivity contribution in [1.29, 1.82) is 0 Å². The Morgan fingerprint density at radius 1 is 1.43 bits per heavy atom. The Kier molecular flexibility index (Phi) is 5.23. The second kappa shape index (κ2) is 6.94. The Balaban J connectivity index is 2.12. The topological polar surface area (TPSA) is 46.9 Å². The summed E-state index contributed by atoms with van der Waals surface area (Å²) in [6.07, 6.45) is 0.440. The molecule has 0 saturated carbocycles. The van der Waals surface area contributed by atoms with Crippen LogP contribution in [0, 0.1) is 12.8 Å². The minimum atomic E-state index is 0.0678. The molecule has 1 amide bonds. The lowest BCUT2D eigenvalue weighted by atomic mass is 10.2. The van der Waals surface area contributed by atoms with Gasteiger partial charge in [-0.15, -0.1) is 11.6 Å². The number of alkyl halides is 1. The van der Waals surface area contributed by atoms with Gasteiger partial charge in [0.25, 0.3) is 0 Å². The lowest BCUT2D eigenvalue weighted by Gasteiger charge is -2.10. The summed E-state index contributed by atoms with van der Waals surface area (Å²) in [5, 5.41) is 2.93. The van der Waals surface area contributed by atoms with Crippen LogP contribution in [-0.4, -0.2) is 22.0 Å². The average molecular weight is 308 g/mol. The molecule has 1 heterocycles. The van der Waals surface area contributed by atoms with Crippen molar-refractivity contribution in [1.82, 2.24) is 14.9 Å². The molecule has 114 valence electrons. The van der Waals surface area contributed by atoms with Crippen LogP contribution in [0.3, 0.4) is 0 Å². The van der Waals surface area contributed by atoms with Crippen molar-refractivity contribution in [2.75, 3.05) is 6.54 Å². The smallest absolute Gasteiger partial charge is 0.221 e. The monoisotopic (exact) mass is 307 g/mol. The molecule has 0 unspecified atom stereocenters. The van der Waals surface area contributed by atoms with Gasteiger partial charge in [-0.2, -0.15) is 0 Å². The predicted molar refractivity (Wildman–Crippen MR) is 86.5 cm³/mol. The van der Waals surface area contributed by atoms with Crippen molar-refractivity contribution < 1.29 is 4.79 Å². The van der Waals surface area contributed by atoms with E-state index < -0.39 is 0 Å². The first-order chi connectivity index (χ1) is 10.0. The fourth-order valence-electron chi connectivity index (χ4n) is 2.26. The van der Waals surface area contributed by atoms with Gasteiger partial charge in [-0.1, -0.05) is 19.9 Å². The number of halogens is 1. The number of fused-ring (bicyclic) bond motifs is 1. The van der Waals surface area contributed by atoms with E-state index >= 15 is 0 Å². The van der Waals surface area contributed by atoms with E-state index in [9.17, 15) is 4.79 Å². The van der Waals surface area contributed by atoms with Crippen LogP contribution in [0.5, 0.6) is 0 Å².